The number of ether oxygens (including phenoxy) is 1. The summed E-state index contributed by atoms with van der Waals surface area (Å²) in [7, 11) is 1.78. The van der Waals surface area contributed by atoms with Gasteiger partial charge in [0.1, 0.15) is 5.76 Å². The Hall–Kier alpha value is 0.330. The van der Waals surface area contributed by atoms with E-state index < -0.39 is 3.79 Å². The molecule has 0 N–H and O–H groups in total. The summed E-state index contributed by atoms with van der Waals surface area (Å²) in [5.74, 6) is 2.34. The lowest BCUT2D eigenvalue weighted by atomic mass is 9.82. The molecule has 0 bridgehead atoms. The molecule has 0 aliphatic heterocycles. The smallest absolute Gasteiger partial charge is 0.199 e. The van der Waals surface area contributed by atoms with Crippen molar-refractivity contribution in [1.82, 2.24) is 4.98 Å². The molecule has 0 radical (unpaired) electrons. The Morgan fingerprint density at radius 1 is 0.958 bits per heavy atom. The van der Waals surface area contributed by atoms with E-state index in [4.69, 9.17) is 55.6 Å². The minimum atomic E-state index is -1.18. The van der Waals surface area contributed by atoms with Gasteiger partial charge in [-0.2, -0.15) is 0 Å². The molecule has 7 heteroatoms. The van der Waals surface area contributed by atoms with E-state index >= 15 is 0 Å². The fourth-order valence-electron chi connectivity index (χ4n) is 3.98. The summed E-state index contributed by atoms with van der Waals surface area (Å²) < 4.78 is 10.4. The maximum Gasteiger partial charge on any atom is 0.199 e. The van der Waals surface area contributed by atoms with Crippen molar-refractivity contribution in [2.24, 2.45) is 5.92 Å². The molecule has 0 unspecified atom stereocenters. The molecular weight excluding hydrogens is 392 g/mol. The highest BCUT2D eigenvalue weighted by molar-refractivity contribution is 6.67. The number of oxazole rings is 1. The maximum absolute atomic E-state index is 6.37. The standard InChI is InChI=1S/C17H23Cl4NO2/c1-23-13-8-4-10(5-9-13)14-15(18)22-16(24-14)11-2-6-12(7-3-11)17(19,20)21/h10-13H,2-9H2,1H3. The average Bonchev–Trinajstić information content (AvgIpc) is 2.96. The van der Waals surface area contributed by atoms with Gasteiger partial charge in [0.2, 0.25) is 0 Å². The Morgan fingerprint density at radius 2 is 1.54 bits per heavy atom. The summed E-state index contributed by atoms with van der Waals surface area (Å²) in [5.41, 5.74) is 0. The number of methoxy groups -OCH3 is 1. The predicted octanol–water partition coefficient (Wildman–Crippen LogP) is 6.64. The second-order valence-electron chi connectivity index (χ2n) is 7.01. The monoisotopic (exact) mass is 413 g/mol. The van der Waals surface area contributed by atoms with E-state index in [2.05, 4.69) is 4.98 Å². The molecule has 2 aliphatic carbocycles. The van der Waals surface area contributed by atoms with Gasteiger partial charge in [0, 0.05) is 24.9 Å². The number of hydrogen-bond acceptors (Lipinski definition) is 3. The van der Waals surface area contributed by atoms with Crippen molar-refractivity contribution in [3.63, 3.8) is 0 Å². The number of alkyl halides is 3. The number of hydrogen-bond donors (Lipinski definition) is 0. The van der Waals surface area contributed by atoms with Gasteiger partial charge in [-0.3, -0.25) is 0 Å². The molecule has 2 fully saturated rings. The average molecular weight is 415 g/mol. The molecule has 0 aromatic carbocycles. The minimum Gasteiger partial charge on any atom is -0.443 e. The van der Waals surface area contributed by atoms with Crippen LogP contribution in [-0.4, -0.2) is 22.0 Å². The molecule has 2 aliphatic rings. The van der Waals surface area contributed by atoms with Gasteiger partial charge in [0.05, 0.1) is 6.10 Å². The first-order valence-electron chi connectivity index (χ1n) is 8.64. The van der Waals surface area contributed by atoms with Gasteiger partial charge in [-0.1, -0.05) is 46.4 Å². The van der Waals surface area contributed by atoms with Crippen LogP contribution < -0.4 is 0 Å². The van der Waals surface area contributed by atoms with Crippen LogP contribution in [0.2, 0.25) is 5.15 Å². The molecule has 1 heterocycles. The van der Waals surface area contributed by atoms with Gasteiger partial charge in [-0.05, 0) is 51.4 Å². The highest BCUT2D eigenvalue weighted by Gasteiger charge is 2.37. The van der Waals surface area contributed by atoms with Crippen LogP contribution in [0.15, 0.2) is 4.42 Å². The number of rotatable bonds is 3. The molecule has 0 amide bonds. The first kappa shape index (κ1) is 19.1. The van der Waals surface area contributed by atoms with Crippen LogP contribution in [-0.2, 0) is 4.74 Å². The summed E-state index contributed by atoms with van der Waals surface area (Å²) in [6.07, 6.45) is 8.10. The zero-order valence-electron chi connectivity index (χ0n) is 13.7. The number of aromatic nitrogens is 1. The molecule has 0 saturated heterocycles. The van der Waals surface area contributed by atoms with E-state index in [-0.39, 0.29) is 11.8 Å². The molecule has 3 nitrogen and oxygen atoms in total. The Morgan fingerprint density at radius 3 is 2.08 bits per heavy atom. The molecule has 24 heavy (non-hydrogen) atoms. The molecule has 0 atom stereocenters. The first-order valence-corrected chi connectivity index (χ1v) is 10.1. The van der Waals surface area contributed by atoms with Crippen molar-refractivity contribution in [2.75, 3.05) is 7.11 Å². The van der Waals surface area contributed by atoms with Gasteiger partial charge in [0.25, 0.3) is 0 Å². The van der Waals surface area contributed by atoms with Crippen LogP contribution in [0, 0.1) is 5.92 Å². The largest absolute Gasteiger partial charge is 0.443 e. The Labute approximate surface area is 163 Å². The zero-order chi connectivity index (χ0) is 17.3. The topological polar surface area (TPSA) is 35.3 Å². The van der Waals surface area contributed by atoms with Crippen molar-refractivity contribution in [2.45, 2.75) is 73.1 Å². The minimum absolute atomic E-state index is 0.105. The Kier molecular flexibility index (Phi) is 6.30. The van der Waals surface area contributed by atoms with E-state index in [9.17, 15) is 0 Å². The van der Waals surface area contributed by atoms with Crippen LogP contribution in [0.1, 0.15) is 74.9 Å². The van der Waals surface area contributed by atoms with E-state index in [1.807, 2.05) is 0 Å². The first-order chi connectivity index (χ1) is 11.4. The van der Waals surface area contributed by atoms with Crippen molar-refractivity contribution in [3.8, 4) is 0 Å². The normalized spacial score (nSPS) is 32.0. The quantitative estimate of drug-likeness (QED) is 0.519. The van der Waals surface area contributed by atoms with Crippen molar-refractivity contribution >= 4 is 46.4 Å². The van der Waals surface area contributed by atoms with Crippen molar-refractivity contribution in [3.05, 3.63) is 16.8 Å². The van der Waals surface area contributed by atoms with Crippen LogP contribution in [0.4, 0.5) is 0 Å². The zero-order valence-corrected chi connectivity index (χ0v) is 16.8. The third kappa shape index (κ3) is 4.35. The van der Waals surface area contributed by atoms with Gasteiger partial charge in [-0.25, -0.2) is 4.98 Å². The molecule has 1 aromatic rings. The lowest BCUT2D eigenvalue weighted by Gasteiger charge is -2.31. The summed E-state index contributed by atoms with van der Waals surface area (Å²) in [4.78, 5) is 4.50. The fourth-order valence-corrected chi connectivity index (χ4v) is 4.92. The Balaban J connectivity index is 1.63. The van der Waals surface area contributed by atoms with Crippen LogP contribution in [0.3, 0.4) is 0 Å². The number of halogens is 4. The predicted molar refractivity (Wildman–Crippen MR) is 98.5 cm³/mol. The lowest BCUT2D eigenvalue weighted by Crippen LogP contribution is -2.24. The van der Waals surface area contributed by atoms with Crippen LogP contribution in [0.5, 0.6) is 0 Å². The van der Waals surface area contributed by atoms with E-state index in [1.54, 1.807) is 7.11 Å². The van der Waals surface area contributed by atoms with Crippen molar-refractivity contribution < 1.29 is 9.15 Å². The molecule has 136 valence electrons. The summed E-state index contributed by atoms with van der Waals surface area (Å²) in [6.45, 7) is 0. The van der Waals surface area contributed by atoms with Crippen LogP contribution >= 0.6 is 46.4 Å². The van der Waals surface area contributed by atoms with Gasteiger partial charge < -0.3 is 9.15 Å². The SMILES string of the molecule is COC1CCC(c2oc(C3CCC(C(Cl)(Cl)Cl)CC3)nc2Cl)CC1. The van der Waals surface area contributed by atoms with E-state index in [1.165, 1.54) is 0 Å². The van der Waals surface area contributed by atoms with Crippen molar-refractivity contribution in [1.29, 1.82) is 0 Å². The number of nitrogens with zero attached hydrogens (tertiary/aromatic N) is 1. The molecule has 3 rings (SSSR count). The van der Waals surface area contributed by atoms with E-state index in [0.29, 0.717) is 17.2 Å². The van der Waals surface area contributed by atoms with Gasteiger partial charge in [-0.15, -0.1) is 0 Å². The Bertz CT molecular complexity index is 541. The van der Waals surface area contributed by atoms with Gasteiger partial charge in [0.15, 0.2) is 14.8 Å². The molecule has 0 spiro atoms. The van der Waals surface area contributed by atoms with Gasteiger partial charge >= 0.3 is 0 Å². The molecule has 2 saturated carbocycles. The third-order valence-corrected chi connectivity index (χ3v) is 6.74. The highest BCUT2D eigenvalue weighted by atomic mass is 35.6. The maximum atomic E-state index is 6.37. The molecular formula is C17H23Cl4NO2. The van der Waals surface area contributed by atoms with E-state index in [0.717, 1.165) is 63.0 Å². The summed E-state index contributed by atoms with van der Waals surface area (Å²) in [6, 6.07) is 0. The lowest BCUT2D eigenvalue weighted by molar-refractivity contribution is 0.0636. The summed E-state index contributed by atoms with van der Waals surface area (Å²) in [5, 5.41) is 0.523. The third-order valence-electron chi connectivity index (χ3n) is 5.54. The second kappa shape index (κ2) is 7.92. The highest BCUT2D eigenvalue weighted by Crippen LogP contribution is 2.47. The summed E-state index contributed by atoms with van der Waals surface area (Å²) >= 11 is 24.4. The second-order valence-corrected chi connectivity index (χ2v) is 9.73. The van der Waals surface area contributed by atoms with Crippen LogP contribution in [0.25, 0.3) is 0 Å². The fraction of sp³-hybridized carbons (Fsp3) is 0.824. The molecule has 1 aromatic heterocycles.